The summed E-state index contributed by atoms with van der Waals surface area (Å²) in [7, 11) is -0.789. The van der Waals surface area contributed by atoms with Crippen molar-refractivity contribution in [2.45, 2.75) is 24.8 Å². The van der Waals surface area contributed by atoms with E-state index in [1.54, 1.807) is 50.2 Å². The number of ether oxygens (including phenoxy) is 2. The summed E-state index contributed by atoms with van der Waals surface area (Å²) in [5.74, 6) is 0.288. The number of hydrogen-bond donors (Lipinski definition) is 2. The minimum absolute atomic E-state index is 0.0862. The van der Waals surface area contributed by atoms with Crippen molar-refractivity contribution in [1.29, 1.82) is 0 Å². The lowest BCUT2D eigenvalue weighted by Gasteiger charge is -2.20. The van der Waals surface area contributed by atoms with E-state index in [9.17, 15) is 13.2 Å². The van der Waals surface area contributed by atoms with Gasteiger partial charge in [0.05, 0.1) is 25.3 Å². The van der Waals surface area contributed by atoms with Gasteiger partial charge >= 0.3 is 0 Å². The maximum Gasteiger partial charge on any atom is 0.258 e. The van der Waals surface area contributed by atoms with Gasteiger partial charge in [0, 0.05) is 5.56 Å². The predicted molar refractivity (Wildman–Crippen MR) is 111 cm³/mol. The number of nitrogens with one attached hydrogen (secondary N) is 2. The lowest BCUT2D eigenvalue weighted by molar-refractivity contribution is -0.123. The highest BCUT2D eigenvalue weighted by Crippen LogP contribution is 2.22. The van der Waals surface area contributed by atoms with Crippen LogP contribution in [0, 0.1) is 5.92 Å². The molecule has 0 heterocycles. The highest BCUT2D eigenvalue weighted by atomic mass is 32.2. The molecule has 2 aromatic rings. The Morgan fingerprint density at radius 3 is 2.34 bits per heavy atom. The maximum atomic E-state index is 12.6. The van der Waals surface area contributed by atoms with E-state index < -0.39 is 22.0 Å². The van der Waals surface area contributed by atoms with Crippen molar-refractivity contribution in [3.8, 4) is 11.5 Å². The van der Waals surface area contributed by atoms with Crippen LogP contribution in [0.25, 0.3) is 0 Å². The highest BCUT2D eigenvalue weighted by Gasteiger charge is 2.28. The van der Waals surface area contributed by atoms with Crippen LogP contribution in [0.2, 0.25) is 0 Å². The lowest BCUT2D eigenvalue weighted by atomic mass is 10.1. The number of carbonyl (C=O) groups is 1. The van der Waals surface area contributed by atoms with Crippen molar-refractivity contribution in [3.63, 3.8) is 0 Å². The summed E-state index contributed by atoms with van der Waals surface area (Å²) in [6.07, 6.45) is 1.41. The standard InChI is InChI=1S/C20H25N3O5S/c1-14(2)19(23-29(25,26)17-8-6-5-7-9-17)20(24)22-21-13-15-12-16(27-3)10-11-18(15)28-4/h5-14,19,23H,1-4H3,(H,22,24)/b21-13-/t19-/m1/s1. The zero-order valence-electron chi connectivity index (χ0n) is 16.7. The van der Waals surface area contributed by atoms with E-state index in [1.165, 1.54) is 32.6 Å². The second kappa shape index (κ2) is 10.0. The Kier molecular flexibility index (Phi) is 7.74. The van der Waals surface area contributed by atoms with Gasteiger partial charge in [0.1, 0.15) is 17.5 Å². The number of hydrazone groups is 1. The van der Waals surface area contributed by atoms with E-state index in [1.807, 2.05) is 0 Å². The van der Waals surface area contributed by atoms with Crippen molar-refractivity contribution >= 4 is 22.1 Å². The van der Waals surface area contributed by atoms with E-state index >= 15 is 0 Å². The van der Waals surface area contributed by atoms with Gasteiger partial charge in [-0.15, -0.1) is 0 Å². The van der Waals surface area contributed by atoms with Gasteiger partial charge in [0.25, 0.3) is 5.91 Å². The summed E-state index contributed by atoms with van der Waals surface area (Å²) in [5.41, 5.74) is 2.98. The predicted octanol–water partition coefficient (Wildman–Crippen LogP) is 2.16. The van der Waals surface area contributed by atoms with Crippen LogP contribution in [0.3, 0.4) is 0 Å². The van der Waals surface area contributed by atoms with Gasteiger partial charge in [-0.2, -0.15) is 9.82 Å². The summed E-state index contributed by atoms with van der Waals surface area (Å²) in [6, 6.07) is 12.0. The molecule has 1 amide bonds. The summed E-state index contributed by atoms with van der Waals surface area (Å²) < 4.78 is 37.9. The average molecular weight is 420 g/mol. The maximum absolute atomic E-state index is 12.6. The molecule has 0 spiro atoms. The van der Waals surface area contributed by atoms with Crippen LogP contribution in [-0.2, 0) is 14.8 Å². The van der Waals surface area contributed by atoms with Crippen LogP contribution in [0.5, 0.6) is 11.5 Å². The largest absolute Gasteiger partial charge is 0.497 e. The molecule has 0 fully saturated rings. The normalized spacial score (nSPS) is 12.7. The molecule has 9 heteroatoms. The van der Waals surface area contributed by atoms with E-state index in [0.29, 0.717) is 17.1 Å². The Morgan fingerprint density at radius 1 is 1.07 bits per heavy atom. The van der Waals surface area contributed by atoms with Crippen LogP contribution in [-0.4, -0.2) is 40.8 Å². The zero-order chi connectivity index (χ0) is 21.4. The molecule has 0 bridgehead atoms. The Labute approximate surface area is 171 Å². The smallest absolute Gasteiger partial charge is 0.258 e. The molecule has 1 atom stereocenters. The quantitative estimate of drug-likeness (QED) is 0.479. The molecule has 0 radical (unpaired) electrons. The summed E-state index contributed by atoms with van der Waals surface area (Å²) >= 11 is 0. The van der Waals surface area contributed by atoms with Crippen molar-refractivity contribution in [3.05, 3.63) is 54.1 Å². The van der Waals surface area contributed by atoms with Gasteiger partial charge in [-0.3, -0.25) is 4.79 Å². The third-order valence-electron chi connectivity index (χ3n) is 4.10. The second-order valence-corrected chi connectivity index (χ2v) is 8.21. The molecule has 0 unspecified atom stereocenters. The van der Waals surface area contributed by atoms with E-state index in [-0.39, 0.29) is 10.8 Å². The third kappa shape index (κ3) is 6.03. The van der Waals surface area contributed by atoms with E-state index in [4.69, 9.17) is 9.47 Å². The number of sulfonamides is 1. The van der Waals surface area contributed by atoms with Gasteiger partial charge in [-0.1, -0.05) is 32.0 Å². The number of carbonyl (C=O) groups excluding carboxylic acids is 1. The first-order valence-electron chi connectivity index (χ1n) is 8.91. The Bertz CT molecular complexity index is 959. The first-order valence-corrected chi connectivity index (χ1v) is 10.4. The Balaban J connectivity index is 2.14. The van der Waals surface area contributed by atoms with Crippen molar-refractivity contribution in [2.24, 2.45) is 11.0 Å². The second-order valence-electron chi connectivity index (χ2n) is 6.50. The number of benzene rings is 2. The average Bonchev–Trinajstić information content (AvgIpc) is 2.72. The van der Waals surface area contributed by atoms with Crippen molar-refractivity contribution in [1.82, 2.24) is 10.1 Å². The Morgan fingerprint density at radius 2 is 1.76 bits per heavy atom. The van der Waals surface area contributed by atoms with Crippen LogP contribution in [0.4, 0.5) is 0 Å². The first-order chi connectivity index (χ1) is 13.8. The third-order valence-corrected chi connectivity index (χ3v) is 5.56. The number of nitrogens with zero attached hydrogens (tertiary/aromatic N) is 1. The molecule has 0 aliphatic heterocycles. The Hall–Kier alpha value is -2.91. The summed E-state index contributed by atoms with van der Waals surface area (Å²) in [5, 5.41) is 3.94. The minimum Gasteiger partial charge on any atom is -0.497 e. The van der Waals surface area contributed by atoms with Gasteiger partial charge in [-0.05, 0) is 36.2 Å². The SMILES string of the molecule is COc1ccc(OC)c(/C=N\NC(=O)[C@H](NS(=O)(=O)c2ccccc2)C(C)C)c1. The zero-order valence-corrected chi connectivity index (χ0v) is 17.6. The number of methoxy groups -OCH3 is 2. The molecule has 0 saturated heterocycles. The van der Waals surface area contributed by atoms with Crippen LogP contribution < -0.4 is 19.6 Å². The molecule has 8 nitrogen and oxygen atoms in total. The molecule has 0 aromatic heterocycles. The van der Waals surface area contributed by atoms with E-state index in [0.717, 1.165) is 0 Å². The lowest BCUT2D eigenvalue weighted by Crippen LogP contribution is -2.48. The summed E-state index contributed by atoms with van der Waals surface area (Å²) in [4.78, 5) is 12.6. The van der Waals surface area contributed by atoms with Gasteiger partial charge in [0.2, 0.25) is 10.0 Å². The molecular weight excluding hydrogens is 394 g/mol. The fourth-order valence-electron chi connectivity index (χ4n) is 2.50. The fourth-order valence-corrected chi connectivity index (χ4v) is 3.87. The topological polar surface area (TPSA) is 106 Å². The minimum atomic E-state index is -3.85. The van der Waals surface area contributed by atoms with Gasteiger partial charge in [-0.25, -0.2) is 13.8 Å². The molecule has 2 aromatic carbocycles. The van der Waals surface area contributed by atoms with Crippen LogP contribution in [0.1, 0.15) is 19.4 Å². The number of rotatable bonds is 9. The molecule has 29 heavy (non-hydrogen) atoms. The number of amides is 1. The highest BCUT2D eigenvalue weighted by molar-refractivity contribution is 7.89. The molecule has 0 aliphatic rings. The summed E-state index contributed by atoms with van der Waals surface area (Å²) in [6.45, 7) is 3.49. The molecule has 0 saturated carbocycles. The van der Waals surface area contributed by atoms with E-state index in [2.05, 4.69) is 15.2 Å². The van der Waals surface area contributed by atoms with Gasteiger partial charge in [0.15, 0.2) is 0 Å². The molecular formula is C20H25N3O5S. The fraction of sp³-hybridized carbons (Fsp3) is 0.300. The van der Waals surface area contributed by atoms with Crippen LogP contribution in [0.15, 0.2) is 58.5 Å². The van der Waals surface area contributed by atoms with Crippen molar-refractivity contribution in [2.75, 3.05) is 14.2 Å². The van der Waals surface area contributed by atoms with Crippen molar-refractivity contribution < 1.29 is 22.7 Å². The van der Waals surface area contributed by atoms with Crippen LogP contribution >= 0.6 is 0 Å². The molecule has 156 valence electrons. The van der Waals surface area contributed by atoms with Gasteiger partial charge < -0.3 is 9.47 Å². The molecule has 0 aliphatic carbocycles. The number of hydrogen-bond acceptors (Lipinski definition) is 6. The first kappa shape index (κ1) is 22.4. The monoisotopic (exact) mass is 419 g/mol. The molecule has 2 rings (SSSR count). The molecule has 2 N–H and O–H groups in total.